The number of nitrogens with zero attached hydrogens (tertiary/aromatic N) is 1. The van der Waals surface area contributed by atoms with Crippen molar-refractivity contribution >= 4 is 11.7 Å². The van der Waals surface area contributed by atoms with Crippen molar-refractivity contribution in [3.63, 3.8) is 0 Å². The minimum Gasteiger partial charge on any atom is -0.484 e. The molecule has 0 aliphatic carbocycles. The summed E-state index contributed by atoms with van der Waals surface area (Å²) in [5.74, 6) is -0.0334. The lowest BCUT2D eigenvalue weighted by Crippen LogP contribution is -2.30. The highest BCUT2D eigenvalue weighted by Gasteiger charge is 2.28. The third kappa shape index (κ3) is 7.29. The van der Waals surface area contributed by atoms with Crippen LogP contribution in [0.2, 0.25) is 0 Å². The molecule has 1 N–H and O–H groups in total. The summed E-state index contributed by atoms with van der Waals surface area (Å²) in [5.41, 5.74) is 0.929. The van der Waals surface area contributed by atoms with Crippen molar-refractivity contribution in [3.05, 3.63) is 54.1 Å². The molecule has 0 aliphatic heterocycles. The summed E-state index contributed by atoms with van der Waals surface area (Å²) in [5, 5.41) is 2.54. The lowest BCUT2D eigenvalue weighted by atomic mass is 10.2. The molecule has 0 unspecified atom stereocenters. The Morgan fingerprint density at radius 3 is 2.39 bits per heavy atom. The Kier molecular flexibility index (Phi) is 7.02. The molecule has 0 saturated heterocycles. The number of hydrogen-bond donors (Lipinski definition) is 1. The van der Waals surface area contributed by atoms with E-state index in [0.717, 1.165) is 0 Å². The zero-order valence-corrected chi connectivity index (χ0v) is 14.7. The van der Waals surface area contributed by atoms with E-state index in [2.05, 4.69) is 14.8 Å². The molecule has 10 heteroatoms. The van der Waals surface area contributed by atoms with Gasteiger partial charge in [0.2, 0.25) is 0 Å². The molecule has 0 aliphatic rings. The summed E-state index contributed by atoms with van der Waals surface area (Å²) in [4.78, 5) is 13.5. The zero-order valence-electron chi connectivity index (χ0n) is 14.7. The maximum atomic E-state index is 12.2. The van der Waals surface area contributed by atoms with Gasteiger partial charge in [0.25, 0.3) is 0 Å². The van der Waals surface area contributed by atoms with Gasteiger partial charge >= 0.3 is 18.8 Å². The van der Waals surface area contributed by atoms with Gasteiger partial charge in [-0.1, -0.05) is 18.2 Å². The van der Waals surface area contributed by atoms with Crippen molar-refractivity contribution in [1.82, 2.24) is 4.90 Å². The number of nitrogens with one attached hydrogen (secondary N) is 1. The molecule has 0 bridgehead atoms. The molecule has 2 aromatic rings. The number of carbonyl (C=O) groups is 1. The average molecular weight is 404 g/mol. The summed E-state index contributed by atoms with van der Waals surface area (Å²) in [6, 6.07) is 10.8. The molecule has 28 heavy (non-hydrogen) atoms. The fraction of sp³-hybridized carbons (Fsp3) is 0.278. The second kappa shape index (κ2) is 9.25. The zero-order chi connectivity index (χ0) is 20.7. The van der Waals surface area contributed by atoms with Crippen molar-refractivity contribution < 1.29 is 36.2 Å². The van der Waals surface area contributed by atoms with Gasteiger partial charge in [0.15, 0.2) is 6.61 Å². The standard InChI is InChI=1S/C18H17F5N2O3/c1-25(10-12-5-7-14(8-6-12)28-16(19)20)17(26)24-13-3-2-4-15(9-13)27-11-18(21,22)23/h2-9,16H,10-11H2,1H3,(H,24,26). The van der Waals surface area contributed by atoms with Crippen LogP contribution in [0.3, 0.4) is 0 Å². The molecule has 5 nitrogen and oxygen atoms in total. The van der Waals surface area contributed by atoms with Gasteiger partial charge in [-0.25, -0.2) is 4.79 Å². The first kappa shape index (κ1) is 21.3. The number of carbonyl (C=O) groups excluding carboxylic acids is 1. The lowest BCUT2D eigenvalue weighted by Gasteiger charge is -2.18. The van der Waals surface area contributed by atoms with E-state index in [-0.39, 0.29) is 23.7 Å². The third-order valence-electron chi connectivity index (χ3n) is 3.40. The largest absolute Gasteiger partial charge is 0.484 e. The highest BCUT2D eigenvalue weighted by atomic mass is 19.4. The first-order valence-electron chi connectivity index (χ1n) is 7.98. The van der Waals surface area contributed by atoms with E-state index >= 15 is 0 Å². The number of rotatable bonds is 7. The number of alkyl halides is 5. The number of anilines is 1. The van der Waals surface area contributed by atoms with Crippen LogP contribution in [0.25, 0.3) is 0 Å². The first-order valence-corrected chi connectivity index (χ1v) is 7.98. The highest BCUT2D eigenvalue weighted by molar-refractivity contribution is 5.89. The SMILES string of the molecule is CN(Cc1ccc(OC(F)F)cc1)C(=O)Nc1cccc(OCC(F)(F)F)c1. The van der Waals surface area contributed by atoms with E-state index < -0.39 is 25.4 Å². The number of urea groups is 1. The molecule has 0 spiro atoms. The van der Waals surface area contributed by atoms with Crippen molar-refractivity contribution in [2.24, 2.45) is 0 Å². The van der Waals surface area contributed by atoms with Gasteiger partial charge in [-0.3, -0.25) is 0 Å². The monoisotopic (exact) mass is 404 g/mol. The minimum atomic E-state index is -4.46. The predicted octanol–water partition coefficient (Wildman–Crippen LogP) is 4.89. The van der Waals surface area contributed by atoms with Crippen molar-refractivity contribution in [1.29, 1.82) is 0 Å². The van der Waals surface area contributed by atoms with E-state index in [1.807, 2.05) is 0 Å². The van der Waals surface area contributed by atoms with Gasteiger partial charge in [0, 0.05) is 25.3 Å². The normalized spacial score (nSPS) is 11.2. The number of ether oxygens (including phenoxy) is 2. The van der Waals surface area contributed by atoms with E-state index in [4.69, 9.17) is 0 Å². The summed E-state index contributed by atoms with van der Waals surface area (Å²) in [6.45, 7) is -4.18. The molecule has 2 amide bonds. The molecule has 0 heterocycles. The summed E-state index contributed by atoms with van der Waals surface area (Å²) < 4.78 is 69.8. The average Bonchev–Trinajstić information content (AvgIpc) is 2.61. The van der Waals surface area contributed by atoms with Crippen LogP contribution in [0, 0.1) is 0 Å². The molecule has 152 valence electrons. The van der Waals surface area contributed by atoms with Crippen LogP contribution in [-0.2, 0) is 6.54 Å². The Labute approximate surface area is 157 Å². The van der Waals surface area contributed by atoms with Crippen LogP contribution >= 0.6 is 0 Å². The Balaban J connectivity index is 1.91. The van der Waals surface area contributed by atoms with Crippen LogP contribution in [0.5, 0.6) is 11.5 Å². The Bertz CT molecular complexity index is 782. The molecular formula is C18H17F5N2O3. The maximum absolute atomic E-state index is 12.2. The second-order valence-corrected chi connectivity index (χ2v) is 5.74. The van der Waals surface area contributed by atoms with Gasteiger partial charge in [-0.2, -0.15) is 22.0 Å². The van der Waals surface area contributed by atoms with E-state index in [9.17, 15) is 26.7 Å². The van der Waals surface area contributed by atoms with Crippen molar-refractivity contribution in [3.8, 4) is 11.5 Å². The van der Waals surface area contributed by atoms with Gasteiger partial charge < -0.3 is 19.7 Å². The second-order valence-electron chi connectivity index (χ2n) is 5.74. The Morgan fingerprint density at radius 1 is 1.11 bits per heavy atom. The first-order chi connectivity index (χ1) is 13.1. The molecule has 2 aromatic carbocycles. The highest BCUT2D eigenvalue weighted by Crippen LogP contribution is 2.22. The van der Waals surface area contributed by atoms with E-state index in [1.165, 1.54) is 60.5 Å². The van der Waals surface area contributed by atoms with Gasteiger partial charge in [0.1, 0.15) is 11.5 Å². The van der Waals surface area contributed by atoms with Crippen LogP contribution in [-0.4, -0.2) is 37.4 Å². The van der Waals surface area contributed by atoms with Gasteiger partial charge in [-0.05, 0) is 29.8 Å². The van der Waals surface area contributed by atoms with Crippen molar-refractivity contribution in [2.45, 2.75) is 19.3 Å². The van der Waals surface area contributed by atoms with Crippen LogP contribution < -0.4 is 14.8 Å². The topological polar surface area (TPSA) is 50.8 Å². The fourth-order valence-corrected chi connectivity index (χ4v) is 2.17. The minimum absolute atomic E-state index is 0.00141. The number of halogens is 5. The predicted molar refractivity (Wildman–Crippen MR) is 91.6 cm³/mol. The molecule has 0 saturated carbocycles. The molecule has 2 rings (SSSR count). The van der Waals surface area contributed by atoms with Crippen LogP contribution in [0.1, 0.15) is 5.56 Å². The van der Waals surface area contributed by atoms with E-state index in [1.54, 1.807) is 0 Å². The Hall–Kier alpha value is -3.04. The summed E-state index contributed by atoms with van der Waals surface area (Å²) in [6.07, 6.45) is -4.46. The summed E-state index contributed by atoms with van der Waals surface area (Å²) in [7, 11) is 1.50. The molecule has 0 radical (unpaired) electrons. The van der Waals surface area contributed by atoms with Crippen LogP contribution in [0.15, 0.2) is 48.5 Å². The smallest absolute Gasteiger partial charge is 0.422 e. The molecule has 0 aromatic heterocycles. The quantitative estimate of drug-likeness (QED) is 0.669. The summed E-state index contributed by atoms with van der Waals surface area (Å²) >= 11 is 0. The number of hydrogen-bond acceptors (Lipinski definition) is 3. The third-order valence-corrected chi connectivity index (χ3v) is 3.40. The maximum Gasteiger partial charge on any atom is 0.422 e. The lowest BCUT2D eigenvalue weighted by molar-refractivity contribution is -0.153. The van der Waals surface area contributed by atoms with Gasteiger partial charge in [-0.15, -0.1) is 0 Å². The van der Waals surface area contributed by atoms with Crippen LogP contribution in [0.4, 0.5) is 32.4 Å². The number of benzene rings is 2. The van der Waals surface area contributed by atoms with E-state index in [0.29, 0.717) is 5.56 Å². The molecule has 0 fully saturated rings. The molecular weight excluding hydrogens is 387 g/mol. The van der Waals surface area contributed by atoms with Gasteiger partial charge in [0.05, 0.1) is 0 Å². The number of amides is 2. The Morgan fingerprint density at radius 2 is 1.79 bits per heavy atom. The fourth-order valence-electron chi connectivity index (χ4n) is 2.17. The molecule has 0 atom stereocenters. The van der Waals surface area contributed by atoms with Crippen molar-refractivity contribution in [2.75, 3.05) is 19.0 Å².